The molecule has 0 spiro atoms. The first-order valence-corrected chi connectivity index (χ1v) is 9.85. The van der Waals surface area contributed by atoms with Crippen molar-refractivity contribution in [1.29, 1.82) is 0 Å². The number of nitrogens with zero attached hydrogens (tertiary/aromatic N) is 1. The third-order valence-electron chi connectivity index (χ3n) is 4.41. The molecule has 142 valence electrons. The molecule has 0 bridgehead atoms. The van der Waals surface area contributed by atoms with Crippen LogP contribution in [0.5, 0.6) is 0 Å². The molecule has 0 heterocycles. The van der Waals surface area contributed by atoms with Gasteiger partial charge >= 0.3 is 0 Å². The molecule has 0 aromatic carbocycles. The van der Waals surface area contributed by atoms with Crippen molar-refractivity contribution >= 4 is 5.96 Å². The molecule has 0 radical (unpaired) electrons. The second kappa shape index (κ2) is 11.7. The summed E-state index contributed by atoms with van der Waals surface area (Å²) in [5, 5.41) is 10.2. The van der Waals surface area contributed by atoms with E-state index in [-0.39, 0.29) is 5.54 Å². The first kappa shape index (κ1) is 21.2. The molecule has 1 rings (SSSR count). The predicted molar refractivity (Wildman–Crippen MR) is 104 cm³/mol. The average Bonchev–Trinajstić information content (AvgIpc) is 3.04. The van der Waals surface area contributed by atoms with E-state index in [9.17, 15) is 0 Å². The zero-order chi connectivity index (χ0) is 17.8. The van der Waals surface area contributed by atoms with Crippen LogP contribution < -0.4 is 16.0 Å². The molecule has 5 heteroatoms. The molecular weight excluding hydrogens is 300 g/mol. The van der Waals surface area contributed by atoms with Crippen LogP contribution in [0.15, 0.2) is 4.99 Å². The Hall–Kier alpha value is -0.810. The van der Waals surface area contributed by atoms with Gasteiger partial charge in [0.2, 0.25) is 0 Å². The van der Waals surface area contributed by atoms with E-state index < -0.39 is 0 Å². The van der Waals surface area contributed by atoms with E-state index in [2.05, 4.69) is 50.6 Å². The first-order chi connectivity index (χ1) is 11.5. The summed E-state index contributed by atoms with van der Waals surface area (Å²) in [5.74, 6) is 1.65. The van der Waals surface area contributed by atoms with Crippen molar-refractivity contribution in [1.82, 2.24) is 16.0 Å². The van der Waals surface area contributed by atoms with Gasteiger partial charge in [0, 0.05) is 38.3 Å². The molecule has 1 atom stereocenters. The molecule has 1 fully saturated rings. The minimum absolute atomic E-state index is 0.156. The second-order valence-electron chi connectivity index (χ2n) is 7.69. The summed E-state index contributed by atoms with van der Waals surface area (Å²) < 4.78 is 5.98. The number of rotatable bonds is 10. The van der Waals surface area contributed by atoms with Gasteiger partial charge in [-0.15, -0.1) is 0 Å². The normalized spacial score (nSPS) is 18.0. The molecule has 0 aromatic rings. The van der Waals surface area contributed by atoms with Gasteiger partial charge in [0.05, 0.1) is 6.10 Å². The number of hydrogen-bond donors (Lipinski definition) is 3. The Kier molecular flexibility index (Phi) is 10.3. The highest BCUT2D eigenvalue weighted by Crippen LogP contribution is 2.30. The summed E-state index contributed by atoms with van der Waals surface area (Å²) in [5.41, 5.74) is 0.156. The molecule has 1 unspecified atom stereocenters. The van der Waals surface area contributed by atoms with Gasteiger partial charge in [-0.25, -0.2) is 0 Å². The molecule has 24 heavy (non-hydrogen) atoms. The molecule has 1 aliphatic rings. The fourth-order valence-corrected chi connectivity index (χ4v) is 3.26. The van der Waals surface area contributed by atoms with Gasteiger partial charge in [0.15, 0.2) is 5.96 Å². The Morgan fingerprint density at radius 1 is 1.12 bits per heavy atom. The molecular formula is C19H40N4O. The van der Waals surface area contributed by atoms with Crippen molar-refractivity contribution in [3.8, 4) is 0 Å². The van der Waals surface area contributed by atoms with Crippen LogP contribution in [0.2, 0.25) is 0 Å². The summed E-state index contributed by atoms with van der Waals surface area (Å²) in [6, 6.07) is 0. The third kappa shape index (κ3) is 9.48. The molecule has 0 aromatic heterocycles. The Bertz CT molecular complexity index is 346. The van der Waals surface area contributed by atoms with Crippen LogP contribution in [0.25, 0.3) is 0 Å². The number of guanidine groups is 1. The van der Waals surface area contributed by atoms with Crippen LogP contribution in [-0.4, -0.2) is 50.4 Å². The Labute approximate surface area is 149 Å². The number of ether oxygens (including phenoxy) is 1. The van der Waals surface area contributed by atoms with E-state index in [0.29, 0.717) is 6.10 Å². The fourth-order valence-electron chi connectivity index (χ4n) is 3.26. The SMILES string of the molecule is CCNC(=NCCC(OCC)C1CCCC1)NCCNC(C)(C)C. The maximum atomic E-state index is 5.98. The van der Waals surface area contributed by atoms with Gasteiger partial charge in [0.25, 0.3) is 0 Å². The summed E-state index contributed by atoms with van der Waals surface area (Å²) in [6.07, 6.45) is 6.78. The minimum atomic E-state index is 0.156. The number of aliphatic imine (C=N–C) groups is 1. The van der Waals surface area contributed by atoms with Gasteiger partial charge in [-0.05, 0) is 59.8 Å². The zero-order valence-electron chi connectivity index (χ0n) is 16.6. The Morgan fingerprint density at radius 3 is 2.42 bits per heavy atom. The molecule has 0 saturated heterocycles. The molecule has 1 aliphatic carbocycles. The van der Waals surface area contributed by atoms with Crippen molar-refractivity contribution in [3.05, 3.63) is 0 Å². The van der Waals surface area contributed by atoms with Crippen molar-refractivity contribution in [3.63, 3.8) is 0 Å². The first-order valence-electron chi connectivity index (χ1n) is 9.85. The topological polar surface area (TPSA) is 57.7 Å². The maximum absolute atomic E-state index is 5.98. The smallest absolute Gasteiger partial charge is 0.191 e. The summed E-state index contributed by atoms with van der Waals surface area (Å²) in [6.45, 7) is 15.1. The van der Waals surface area contributed by atoms with Crippen molar-refractivity contribution in [2.75, 3.05) is 32.8 Å². The van der Waals surface area contributed by atoms with E-state index in [1.807, 2.05) is 0 Å². The van der Waals surface area contributed by atoms with Crippen LogP contribution in [0.4, 0.5) is 0 Å². The standard InChI is InChI=1S/C19H40N4O/c1-6-20-18(22-14-15-23-19(3,4)5)21-13-12-17(24-7-2)16-10-8-9-11-16/h16-17,23H,6-15H2,1-5H3,(H2,20,21,22). The van der Waals surface area contributed by atoms with Crippen molar-refractivity contribution < 1.29 is 4.74 Å². The van der Waals surface area contributed by atoms with Gasteiger partial charge in [-0.2, -0.15) is 0 Å². The fraction of sp³-hybridized carbons (Fsp3) is 0.947. The van der Waals surface area contributed by atoms with Crippen LogP contribution in [0.1, 0.15) is 66.7 Å². The summed E-state index contributed by atoms with van der Waals surface area (Å²) >= 11 is 0. The van der Waals surface area contributed by atoms with Gasteiger partial charge in [-0.1, -0.05) is 12.8 Å². The zero-order valence-corrected chi connectivity index (χ0v) is 16.6. The lowest BCUT2D eigenvalue weighted by atomic mass is 9.98. The van der Waals surface area contributed by atoms with Crippen LogP contribution >= 0.6 is 0 Å². The maximum Gasteiger partial charge on any atom is 0.191 e. The lowest BCUT2D eigenvalue weighted by molar-refractivity contribution is 0.0177. The molecule has 1 saturated carbocycles. The Balaban J connectivity index is 2.36. The quantitative estimate of drug-likeness (QED) is 0.325. The highest BCUT2D eigenvalue weighted by molar-refractivity contribution is 5.79. The molecule has 0 amide bonds. The van der Waals surface area contributed by atoms with Crippen molar-refractivity contribution in [2.45, 2.75) is 78.4 Å². The van der Waals surface area contributed by atoms with Gasteiger partial charge in [-0.3, -0.25) is 4.99 Å². The summed E-state index contributed by atoms with van der Waals surface area (Å²) in [7, 11) is 0. The largest absolute Gasteiger partial charge is 0.378 e. The van der Waals surface area contributed by atoms with Gasteiger partial charge in [0.1, 0.15) is 0 Å². The lowest BCUT2D eigenvalue weighted by Gasteiger charge is -2.23. The van der Waals surface area contributed by atoms with E-state index in [0.717, 1.165) is 51.1 Å². The monoisotopic (exact) mass is 340 g/mol. The number of hydrogen-bond acceptors (Lipinski definition) is 3. The van der Waals surface area contributed by atoms with E-state index in [1.54, 1.807) is 0 Å². The van der Waals surface area contributed by atoms with E-state index in [4.69, 9.17) is 9.73 Å². The van der Waals surface area contributed by atoms with Crippen LogP contribution in [0, 0.1) is 5.92 Å². The van der Waals surface area contributed by atoms with E-state index >= 15 is 0 Å². The van der Waals surface area contributed by atoms with Gasteiger partial charge < -0.3 is 20.7 Å². The average molecular weight is 341 g/mol. The summed E-state index contributed by atoms with van der Waals surface area (Å²) in [4.78, 5) is 4.73. The molecule has 0 aliphatic heterocycles. The van der Waals surface area contributed by atoms with E-state index in [1.165, 1.54) is 25.7 Å². The highest BCUT2D eigenvalue weighted by Gasteiger charge is 2.24. The van der Waals surface area contributed by atoms with Crippen LogP contribution in [-0.2, 0) is 4.74 Å². The minimum Gasteiger partial charge on any atom is -0.378 e. The highest BCUT2D eigenvalue weighted by atomic mass is 16.5. The molecule has 5 nitrogen and oxygen atoms in total. The predicted octanol–water partition coefficient (Wildman–Crippen LogP) is 2.92. The lowest BCUT2D eigenvalue weighted by Crippen LogP contribution is -2.44. The molecule has 3 N–H and O–H groups in total. The second-order valence-corrected chi connectivity index (χ2v) is 7.69. The third-order valence-corrected chi connectivity index (χ3v) is 4.41. The number of nitrogens with one attached hydrogen (secondary N) is 3. The van der Waals surface area contributed by atoms with Crippen molar-refractivity contribution in [2.24, 2.45) is 10.9 Å². The van der Waals surface area contributed by atoms with Crippen LogP contribution in [0.3, 0.4) is 0 Å². The Morgan fingerprint density at radius 2 is 1.83 bits per heavy atom.